The smallest absolute Gasteiger partial charge is 0.255 e. The van der Waals surface area contributed by atoms with Gasteiger partial charge < -0.3 is 14.8 Å². The Labute approximate surface area is 147 Å². The number of benzene rings is 2. The molecule has 0 atom stereocenters. The van der Waals surface area contributed by atoms with E-state index in [2.05, 4.69) is 5.32 Å². The number of rotatable bonds is 7. The Balaban J connectivity index is 2.19. The first-order chi connectivity index (χ1) is 11.5. The lowest BCUT2D eigenvalue weighted by Crippen LogP contribution is -2.13. The van der Waals surface area contributed by atoms with Crippen molar-refractivity contribution in [2.45, 2.75) is 33.5 Å². The number of hydrogen-bond donors (Lipinski definition) is 1. The Kier molecular flexibility index (Phi) is 6.64. The summed E-state index contributed by atoms with van der Waals surface area (Å²) >= 11 is 5.94. The first-order valence-corrected chi connectivity index (χ1v) is 8.31. The van der Waals surface area contributed by atoms with Crippen LogP contribution in [-0.4, -0.2) is 18.6 Å². The quantitative estimate of drug-likeness (QED) is 0.773. The molecule has 4 nitrogen and oxygen atoms in total. The average molecular weight is 348 g/mol. The topological polar surface area (TPSA) is 47.6 Å². The molecule has 0 heterocycles. The van der Waals surface area contributed by atoms with E-state index in [4.69, 9.17) is 21.1 Å². The maximum Gasteiger partial charge on any atom is 0.255 e. The lowest BCUT2D eigenvalue weighted by Gasteiger charge is -2.14. The van der Waals surface area contributed by atoms with Crippen molar-refractivity contribution >= 4 is 23.2 Å². The Morgan fingerprint density at radius 1 is 1.21 bits per heavy atom. The van der Waals surface area contributed by atoms with Gasteiger partial charge in [-0.3, -0.25) is 4.79 Å². The van der Waals surface area contributed by atoms with Crippen LogP contribution in [0.2, 0.25) is 5.02 Å². The van der Waals surface area contributed by atoms with E-state index in [1.807, 2.05) is 20.8 Å². The summed E-state index contributed by atoms with van der Waals surface area (Å²) in [5, 5.41) is 3.41. The third-order valence-corrected chi connectivity index (χ3v) is 3.51. The summed E-state index contributed by atoms with van der Waals surface area (Å²) < 4.78 is 11.3. The van der Waals surface area contributed by atoms with Gasteiger partial charge in [0.25, 0.3) is 5.91 Å². The van der Waals surface area contributed by atoms with E-state index in [1.54, 1.807) is 42.5 Å². The predicted molar refractivity (Wildman–Crippen MR) is 96.9 cm³/mol. The van der Waals surface area contributed by atoms with E-state index in [0.717, 1.165) is 11.3 Å². The minimum atomic E-state index is -0.203. The largest absolute Gasteiger partial charge is 0.494 e. The van der Waals surface area contributed by atoms with Crippen LogP contribution in [0.4, 0.5) is 5.69 Å². The van der Waals surface area contributed by atoms with Crippen LogP contribution >= 0.6 is 11.6 Å². The molecule has 0 aliphatic rings. The molecule has 0 bridgehead atoms. The highest BCUT2D eigenvalue weighted by Crippen LogP contribution is 2.23. The Morgan fingerprint density at radius 2 is 2.00 bits per heavy atom. The van der Waals surface area contributed by atoms with Crippen molar-refractivity contribution in [2.75, 3.05) is 11.9 Å². The fourth-order valence-corrected chi connectivity index (χ4v) is 2.35. The van der Waals surface area contributed by atoms with E-state index in [1.165, 1.54) is 0 Å². The number of carbonyl (C=O) groups excluding carboxylic acids is 1. The maximum atomic E-state index is 12.4. The zero-order valence-electron chi connectivity index (χ0n) is 14.1. The van der Waals surface area contributed by atoms with Crippen molar-refractivity contribution in [3.63, 3.8) is 0 Å². The molecular formula is C19H22ClNO3. The van der Waals surface area contributed by atoms with Crippen molar-refractivity contribution in [3.8, 4) is 5.75 Å². The number of ether oxygens (including phenoxy) is 2. The van der Waals surface area contributed by atoms with Gasteiger partial charge in [0.05, 0.1) is 19.3 Å². The Bertz CT molecular complexity index is 701. The second-order valence-electron chi connectivity index (χ2n) is 5.58. The molecular weight excluding hydrogens is 326 g/mol. The minimum Gasteiger partial charge on any atom is -0.494 e. The van der Waals surface area contributed by atoms with Crippen LogP contribution in [0.3, 0.4) is 0 Å². The first-order valence-electron chi connectivity index (χ1n) is 7.94. The van der Waals surface area contributed by atoms with Crippen LogP contribution in [0.15, 0.2) is 42.5 Å². The number of carbonyl (C=O) groups is 1. The lowest BCUT2D eigenvalue weighted by molar-refractivity contribution is 0.0641. The molecule has 24 heavy (non-hydrogen) atoms. The molecule has 0 spiro atoms. The van der Waals surface area contributed by atoms with Crippen LogP contribution in [0.1, 0.15) is 36.7 Å². The molecule has 0 radical (unpaired) electrons. The molecule has 0 fully saturated rings. The fourth-order valence-electron chi connectivity index (χ4n) is 2.16. The monoisotopic (exact) mass is 347 g/mol. The summed E-state index contributed by atoms with van der Waals surface area (Å²) in [4.78, 5) is 12.4. The molecule has 0 aromatic heterocycles. The van der Waals surface area contributed by atoms with Crippen molar-refractivity contribution in [3.05, 3.63) is 58.6 Å². The van der Waals surface area contributed by atoms with Crippen LogP contribution in [0.5, 0.6) is 5.75 Å². The van der Waals surface area contributed by atoms with E-state index >= 15 is 0 Å². The fraction of sp³-hybridized carbons (Fsp3) is 0.316. The SMILES string of the molecule is CCOc1ccc(C(=O)Nc2cccc(Cl)c2)cc1COC(C)C. The summed E-state index contributed by atoms with van der Waals surface area (Å²) in [6, 6.07) is 12.4. The Hall–Kier alpha value is -2.04. The van der Waals surface area contributed by atoms with Crippen LogP contribution in [-0.2, 0) is 11.3 Å². The predicted octanol–water partition coefficient (Wildman–Crippen LogP) is 4.92. The molecule has 5 heteroatoms. The van der Waals surface area contributed by atoms with Gasteiger partial charge in [-0.15, -0.1) is 0 Å². The first kappa shape index (κ1) is 18.3. The third-order valence-electron chi connectivity index (χ3n) is 3.28. The summed E-state index contributed by atoms with van der Waals surface area (Å²) in [5.74, 6) is 0.531. The summed E-state index contributed by atoms with van der Waals surface area (Å²) in [5.41, 5.74) is 2.05. The van der Waals surface area contributed by atoms with Crippen molar-refractivity contribution < 1.29 is 14.3 Å². The normalized spacial score (nSPS) is 10.7. The van der Waals surface area contributed by atoms with E-state index in [-0.39, 0.29) is 12.0 Å². The molecule has 0 saturated heterocycles. The van der Waals surface area contributed by atoms with Gasteiger partial charge in [0.1, 0.15) is 5.75 Å². The number of amides is 1. The zero-order valence-corrected chi connectivity index (χ0v) is 14.9. The standard InChI is InChI=1S/C19H22ClNO3/c1-4-23-18-9-8-14(10-15(18)12-24-13(2)3)19(22)21-17-7-5-6-16(20)11-17/h5-11,13H,4,12H2,1-3H3,(H,21,22). The highest BCUT2D eigenvalue weighted by atomic mass is 35.5. The molecule has 0 saturated carbocycles. The van der Waals surface area contributed by atoms with E-state index in [9.17, 15) is 4.79 Å². The van der Waals surface area contributed by atoms with Crippen molar-refractivity contribution in [2.24, 2.45) is 0 Å². The van der Waals surface area contributed by atoms with Crippen LogP contribution < -0.4 is 10.1 Å². The van der Waals surface area contributed by atoms with E-state index in [0.29, 0.717) is 29.5 Å². The van der Waals surface area contributed by atoms with Gasteiger partial charge in [0.15, 0.2) is 0 Å². The molecule has 2 aromatic rings. The summed E-state index contributed by atoms with van der Waals surface area (Å²) in [6.45, 7) is 6.81. The number of anilines is 1. The number of nitrogens with one attached hydrogen (secondary N) is 1. The highest BCUT2D eigenvalue weighted by molar-refractivity contribution is 6.30. The summed E-state index contributed by atoms with van der Waals surface area (Å²) in [6.07, 6.45) is 0.100. The van der Waals surface area contributed by atoms with Crippen LogP contribution in [0.25, 0.3) is 0 Å². The lowest BCUT2D eigenvalue weighted by atomic mass is 10.1. The average Bonchev–Trinajstić information content (AvgIpc) is 2.54. The number of hydrogen-bond acceptors (Lipinski definition) is 3. The molecule has 2 aromatic carbocycles. The molecule has 0 aliphatic heterocycles. The van der Waals surface area contributed by atoms with Crippen molar-refractivity contribution in [1.29, 1.82) is 0 Å². The van der Waals surface area contributed by atoms with Crippen molar-refractivity contribution in [1.82, 2.24) is 0 Å². The Morgan fingerprint density at radius 3 is 2.67 bits per heavy atom. The molecule has 1 N–H and O–H groups in total. The van der Waals surface area contributed by atoms with Gasteiger partial charge in [0, 0.05) is 21.8 Å². The van der Waals surface area contributed by atoms with Gasteiger partial charge in [-0.05, 0) is 57.2 Å². The third kappa shape index (κ3) is 5.25. The minimum absolute atomic E-state index is 0.100. The highest BCUT2D eigenvalue weighted by Gasteiger charge is 2.12. The second kappa shape index (κ2) is 8.71. The van der Waals surface area contributed by atoms with Gasteiger partial charge in [0.2, 0.25) is 0 Å². The molecule has 128 valence electrons. The second-order valence-corrected chi connectivity index (χ2v) is 6.02. The van der Waals surface area contributed by atoms with E-state index < -0.39 is 0 Å². The van der Waals surface area contributed by atoms with Gasteiger partial charge in [-0.1, -0.05) is 17.7 Å². The summed E-state index contributed by atoms with van der Waals surface area (Å²) in [7, 11) is 0. The molecule has 0 aliphatic carbocycles. The maximum absolute atomic E-state index is 12.4. The van der Waals surface area contributed by atoms with Crippen LogP contribution in [0, 0.1) is 0 Å². The van der Waals surface area contributed by atoms with Gasteiger partial charge in [-0.2, -0.15) is 0 Å². The zero-order chi connectivity index (χ0) is 17.5. The van der Waals surface area contributed by atoms with Gasteiger partial charge in [-0.25, -0.2) is 0 Å². The molecule has 1 amide bonds. The van der Waals surface area contributed by atoms with Gasteiger partial charge >= 0.3 is 0 Å². The number of halogens is 1. The molecule has 0 unspecified atom stereocenters. The molecule has 2 rings (SSSR count).